The molecule has 0 amide bonds. The van der Waals surface area contributed by atoms with Gasteiger partial charge in [-0.3, -0.25) is 10.4 Å². The lowest BCUT2D eigenvalue weighted by atomic mass is 10.0. The Labute approximate surface area is 203 Å². The number of hydrogen-bond donors (Lipinski definition) is 5. The van der Waals surface area contributed by atoms with Crippen LogP contribution in [-0.2, 0) is 5.60 Å². The maximum atomic E-state index is 13.9. The first-order valence-electron chi connectivity index (χ1n) is 11.4. The molecule has 1 saturated carbocycles. The van der Waals surface area contributed by atoms with Gasteiger partial charge in [-0.25, -0.2) is 9.37 Å². The van der Waals surface area contributed by atoms with Gasteiger partial charge < -0.3 is 25.8 Å². The molecular weight excluding hydrogens is 447 g/mol. The van der Waals surface area contributed by atoms with Gasteiger partial charge in [0, 0.05) is 36.4 Å². The second-order valence-electron chi connectivity index (χ2n) is 8.85. The van der Waals surface area contributed by atoms with E-state index in [9.17, 15) is 9.50 Å². The third kappa shape index (κ3) is 7.00. The van der Waals surface area contributed by atoms with Gasteiger partial charge in [-0.05, 0) is 57.0 Å². The molecule has 4 rings (SSSR count). The van der Waals surface area contributed by atoms with Crippen LogP contribution in [0.25, 0.3) is 0 Å². The number of aromatic nitrogens is 2. The van der Waals surface area contributed by atoms with Crippen LogP contribution in [0.1, 0.15) is 32.4 Å². The molecule has 0 radical (unpaired) electrons. The highest BCUT2D eigenvalue weighted by atomic mass is 19.1. The van der Waals surface area contributed by atoms with E-state index in [0.29, 0.717) is 34.7 Å². The van der Waals surface area contributed by atoms with Crippen molar-refractivity contribution >= 4 is 22.9 Å². The Balaban J connectivity index is 1.46. The summed E-state index contributed by atoms with van der Waals surface area (Å²) in [6.45, 7) is 3.43. The number of benzene rings is 1. The van der Waals surface area contributed by atoms with Gasteiger partial charge in [0.15, 0.2) is 5.76 Å². The molecule has 2 aromatic heterocycles. The van der Waals surface area contributed by atoms with Crippen molar-refractivity contribution in [3.05, 3.63) is 84.4 Å². The Morgan fingerprint density at radius 2 is 1.94 bits per heavy atom. The molecule has 8 nitrogen and oxygen atoms in total. The van der Waals surface area contributed by atoms with Crippen LogP contribution in [0, 0.1) is 11.2 Å². The molecule has 1 fully saturated rings. The van der Waals surface area contributed by atoms with Crippen molar-refractivity contribution < 1.29 is 14.2 Å². The Morgan fingerprint density at radius 3 is 2.69 bits per heavy atom. The number of para-hydroxylation sites is 1. The lowest BCUT2D eigenvalue weighted by Crippen LogP contribution is -2.22. The maximum absolute atomic E-state index is 13.9. The summed E-state index contributed by atoms with van der Waals surface area (Å²) >= 11 is 0. The Kier molecular flexibility index (Phi) is 7.26. The summed E-state index contributed by atoms with van der Waals surface area (Å²) < 4.78 is 20.0. The molecule has 1 aromatic carbocycles. The van der Waals surface area contributed by atoms with E-state index < -0.39 is 5.60 Å². The Hall–Kier alpha value is -3.98. The van der Waals surface area contributed by atoms with Crippen molar-refractivity contribution in [1.29, 1.82) is 5.41 Å². The minimum atomic E-state index is -1.07. The van der Waals surface area contributed by atoms with Gasteiger partial charge >= 0.3 is 0 Å². The van der Waals surface area contributed by atoms with E-state index in [1.807, 2.05) is 0 Å². The third-order valence-corrected chi connectivity index (χ3v) is 5.27. The molecular formula is C26H29FN6O2. The van der Waals surface area contributed by atoms with Gasteiger partial charge in [0.2, 0.25) is 0 Å². The molecule has 0 spiro atoms. The van der Waals surface area contributed by atoms with Gasteiger partial charge in [0.05, 0.1) is 23.6 Å². The number of nitrogens with zero attached hydrogens (tertiary/aromatic N) is 2. The summed E-state index contributed by atoms with van der Waals surface area (Å²) in [5.41, 5.74) is 0.667. The maximum Gasteiger partial charge on any atom is 0.165 e. The summed E-state index contributed by atoms with van der Waals surface area (Å²) in [6, 6.07) is 13.7. The van der Waals surface area contributed by atoms with Crippen molar-refractivity contribution in [2.24, 2.45) is 0 Å². The fourth-order valence-electron chi connectivity index (χ4n) is 3.16. The van der Waals surface area contributed by atoms with E-state index >= 15 is 0 Å². The van der Waals surface area contributed by atoms with Crippen molar-refractivity contribution in [2.45, 2.75) is 38.3 Å². The highest BCUT2D eigenvalue weighted by Gasteiger charge is 2.21. The third-order valence-electron chi connectivity index (χ3n) is 5.27. The first kappa shape index (κ1) is 24.2. The first-order valence-corrected chi connectivity index (χ1v) is 11.4. The fourth-order valence-corrected chi connectivity index (χ4v) is 3.16. The second kappa shape index (κ2) is 10.5. The Morgan fingerprint density at radius 1 is 1.17 bits per heavy atom. The molecule has 3 aromatic rings. The number of ether oxygens (including phenoxy) is 1. The number of aliphatic hydroxyl groups is 1. The molecule has 0 unspecified atom stereocenters. The van der Waals surface area contributed by atoms with E-state index in [1.54, 1.807) is 74.9 Å². The molecule has 5 N–H and O–H groups in total. The van der Waals surface area contributed by atoms with Crippen LogP contribution in [0.4, 0.5) is 21.6 Å². The highest BCUT2D eigenvalue weighted by Crippen LogP contribution is 2.25. The van der Waals surface area contributed by atoms with Gasteiger partial charge in [0.1, 0.15) is 23.0 Å². The molecule has 182 valence electrons. The average molecular weight is 477 g/mol. The normalized spacial score (nSPS) is 13.8. The predicted molar refractivity (Wildman–Crippen MR) is 134 cm³/mol. The molecule has 2 heterocycles. The minimum absolute atomic E-state index is 0.0893. The topological polar surface area (TPSA) is 115 Å². The number of halogens is 1. The summed E-state index contributed by atoms with van der Waals surface area (Å²) in [7, 11) is 0. The van der Waals surface area contributed by atoms with E-state index in [2.05, 4.69) is 25.9 Å². The zero-order chi connectivity index (χ0) is 24.8. The second-order valence-corrected chi connectivity index (χ2v) is 8.85. The van der Waals surface area contributed by atoms with Gasteiger partial charge in [-0.2, -0.15) is 0 Å². The zero-order valence-corrected chi connectivity index (χ0v) is 19.7. The van der Waals surface area contributed by atoms with Gasteiger partial charge in [-0.1, -0.05) is 12.1 Å². The van der Waals surface area contributed by atoms with Crippen molar-refractivity contribution in [1.82, 2.24) is 15.3 Å². The van der Waals surface area contributed by atoms with Crippen molar-refractivity contribution in [2.75, 3.05) is 17.2 Å². The summed E-state index contributed by atoms with van der Waals surface area (Å²) in [5, 5.41) is 28.1. The van der Waals surface area contributed by atoms with Crippen molar-refractivity contribution in [3.8, 4) is 5.75 Å². The van der Waals surface area contributed by atoms with E-state index in [4.69, 9.17) is 10.1 Å². The zero-order valence-electron chi connectivity index (χ0n) is 19.7. The fraction of sp³-hybridized carbons (Fsp3) is 0.269. The average Bonchev–Trinajstić information content (AvgIpc) is 3.65. The molecule has 0 aliphatic heterocycles. The largest absolute Gasteiger partial charge is 0.454 e. The number of hydrogen-bond acceptors (Lipinski definition) is 8. The molecule has 1 aliphatic carbocycles. The molecule has 1 aliphatic rings. The predicted octanol–water partition coefficient (Wildman–Crippen LogP) is 4.69. The summed E-state index contributed by atoms with van der Waals surface area (Å²) in [5.74, 6) is 0.961. The first-order chi connectivity index (χ1) is 16.8. The number of pyridine rings is 2. The quantitative estimate of drug-likeness (QED) is 0.201. The molecule has 0 atom stereocenters. The van der Waals surface area contributed by atoms with Crippen LogP contribution >= 0.6 is 0 Å². The molecule has 35 heavy (non-hydrogen) atoms. The van der Waals surface area contributed by atoms with Crippen LogP contribution in [0.5, 0.6) is 5.75 Å². The van der Waals surface area contributed by atoms with Crippen LogP contribution in [0.2, 0.25) is 0 Å². The number of nitrogens with one attached hydrogen (secondary N) is 4. The van der Waals surface area contributed by atoms with Gasteiger partial charge in [-0.15, -0.1) is 0 Å². The standard InChI is InChI=1S/C26H29FN6O2/c1-26(2,34)24-13-18(9-11-29-24)33-25-14-19(10-12-30-25)35-23(16-31-17-7-8-17)21(28)15-32-22-6-4-3-5-20(22)27/h3-6,9-14,16-17,28,31-32,34H,7-8,15H2,1-2H3,(H,29,30,33)/b23-16+,28-21?. The molecule has 0 bridgehead atoms. The molecule has 9 heteroatoms. The van der Waals surface area contributed by atoms with Crippen LogP contribution in [0.15, 0.2) is 72.9 Å². The highest BCUT2D eigenvalue weighted by molar-refractivity contribution is 5.99. The minimum Gasteiger partial charge on any atom is -0.454 e. The summed E-state index contributed by atoms with van der Waals surface area (Å²) in [6.07, 6.45) is 7.06. The van der Waals surface area contributed by atoms with E-state index in [-0.39, 0.29) is 18.1 Å². The number of rotatable bonds is 11. The van der Waals surface area contributed by atoms with Gasteiger partial charge in [0.25, 0.3) is 0 Å². The van der Waals surface area contributed by atoms with E-state index in [0.717, 1.165) is 18.5 Å². The van der Waals surface area contributed by atoms with Crippen LogP contribution in [-0.4, -0.2) is 33.4 Å². The van der Waals surface area contributed by atoms with Crippen molar-refractivity contribution in [3.63, 3.8) is 0 Å². The lowest BCUT2D eigenvalue weighted by molar-refractivity contribution is 0.0739. The monoisotopic (exact) mass is 476 g/mol. The van der Waals surface area contributed by atoms with E-state index in [1.165, 1.54) is 6.07 Å². The number of anilines is 3. The van der Waals surface area contributed by atoms with Crippen LogP contribution in [0.3, 0.4) is 0 Å². The Bertz CT molecular complexity index is 1220. The SMILES string of the molecule is CC(C)(O)c1cc(Nc2cc(O/C(=C/NC3CC3)C(=N)CNc3ccccc3F)ccn2)ccn1. The smallest absolute Gasteiger partial charge is 0.165 e. The van der Waals surface area contributed by atoms with Crippen LogP contribution < -0.4 is 20.7 Å². The lowest BCUT2D eigenvalue weighted by Gasteiger charge is -2.17. The molecule has 0 saturated heterocycles. The summed E-state index contributed by atoms with van der Waals surface area (Å²) in [4.78, 5) is 8.54.